The van der Waals surface area contributed by atoms with Crippen molar-refractivity contribution in [2.24, 2.45) is 0 Å². The molecule has 0 spiro atoms. The lowest BCUT2D eigenvalue weighted by molar-refractivity contribution is -0.133. The number of aromatic nitrogens is 2. The Balaban J connectivity index is 1.60. The quantitative estimate of drug-likeness (QED) is 0.510. The van der Waals surface area contributed by atoms with E-state index in [0.717, 1.165) is 6.07 Å². The van der Waals surface area contributed by atoms with Gasteiger partial charge in [0.1, 0.15) is 35.3 Å². The van der Waals surface area contributed by atoms with E-state index in [4.69, 9.17) is 4.74 Å². The minimum atomic E-state index is -2.92. The number of aliphatic hydroxyl groups is 1. The highest BCUT2D eigenvalue weighted by Crippen LogP contribution is 2.48. The van der Waals surface area contributed by atoms with Crippen molar-refractivity contribution in [3.05, 3.63) is 52.6 Å². The summed E-state index contributed by atoms with van der Waals surface area (Å²) in [5.41, 5.74) is 0.0834. The van der Waals surface area contributed by atoms with Gasteiger partial charge in [0.15, 0.2) is 5.75 Å². The van der Waals surface area contributed by atoms with Crippen LogP contribution in [0, 0.1) is 12.7 Å². The molecule has 3 aromatic rings. The average molecular weight is 530 g/mol. The molecule has 1 aromatic heterocycles. The first-order valence-corrected chi connectivity index (χ1v) is 12.6. The molecular formula is C27H30F3N5O3. The summed E-state index contributed by atoms with van der Waals surface area (Å²) in [5, 5.41) is 15.5. The van der Waals surface area contributed by atoms with E-state index in [9.17, 15) is 23.1 Å². The highest BCUT2D eigenvalue weighted by Gasteiger charge is 2.40. The average Bonchev–Trinajstić information content (AvgIpc) is 2.87. The largest absolute Gasteiger partial charge is 0.489 e. The van der Waals surface area contributed by atoms with Gasteiger partial charge in [-0.15, -0.1) is 0 Å². The number of nitrogens with zero attached hydrogens (tertiary/aromatic N) is 4. The second kappa shape index (κ2) is 9.94. The number of alkyl halides is 2. The summed E-state index contributed by atoms with van der Waals surface area (Å²) in [4.78, 5) is 24.8. The normalized spacial score (nSPS) is 16.9. The van der Waals surface area contributed by atoms with Crippen LogP contribution in [0.2, 0.25) is 0 Å². The van der Waals surface area contributed by atoms with Crippen molar-refractivity contribution in [2.45, 2.75) is 45.3 Å². The fourth-order valence-corrected chi connectivity index (χ4v) is 5.27. The molecule has 2 aliphatic heterocycles. The van der Waals surface area contributed by atoms with Gasteiger partial charge in [-0.1, -0.05) is 18.2 Å². The Kier molecular flexibility index (Phi) is 6.81. The Bertz CT molecular complexity index is 1390. The van der Waals surface area contributed by atoms with Crippen LogP contribution in [0.1, 0.15) is 48.7 Å². The molecular weight excluding hydrogens is 499 g/mol. The molecule has 0 bridgehead atoms. The van der Waals surface area contributed by atoms with E-state index in [1.165, 1.54) is 19.1 Å². The fraction of sp³-hybridized carbons (Fsp3) is 0.444. The number of nitrogens with one attached hydrogen (secondary N) is 1. The van der Waals surface area contributed by atoms with Crippen molar-refractivity contribution in [2.75, 3.05) is 43.5 Å². The second-order valence-electron chi connectivity index (χ2n) is 9.90. The molecule has 0 aliphatic carbocycles. The molecule has 0 atom stereocenters. The SMILES string of the molecule is CC(=O)N1CCC(O)(c2cc3c(NCc4cccc(C(F)F)c4F)nc(C)nc3c3c2OCCN3C)CC1. The molecule has 1 amide bonds. The van der Waals surface area contributed by atoms with Crippen LogP contribution < -0.4 is 15.0 Å². The maximum absolute atomic E-state index is 14.7. The highest BCUT2D eigenvalue weighted by molar-refractivity contribution is 6.01. The van der Waals surface area contributed by atoms with Gasteiger partial charge in [-0.3, -0.25) is 4.79 Å². The van der Waals surface area contributed by atoms with Crippen molar-refractivity contribution < 1.29 is 27.8 Å². The van der Waals surface area contributed by atoms with E-state index in [1.807, 2.05) is 11.9 Å². The number of anilines is 2. The minimum Gasteiger partial charge on any atom is -0.489 e. The van der Waals surface area contributed by atoms with Gasteiger partial charge in [-0.25, -0.2) is 23.1 Å². The number of halogens is 3. The zero-order valence-electron chi connectivity index (χ0n) is 21.5. The Labute approximate surface area is 218 Å². The van der Waals surface area contributed by atoms with Crippen LogP contribution in [-0.2, 0) is 16.9 Å². The van der Waals surface area contributed by atoms with Gasteiger partial charge in [0, 0.05) is 50.1 Å². The van der Waals surface area contributed by atoms with Crippen molar-refractivity contribution in [3.8, 4) is 5.75 Å². The monoisotopic (exact) mass is 529 g/mol. The molecule has 0 saturated carbocycles. The summed E-state index contributed by atoms with van der Waals surface area (Å²) in [7, 11) is 1.92. The molecule has 2 aliphatic rings. The van der Waals surface area contributed by atoms with Crippen LogP contribution in [0.5, 0.6) is 5.75 Å². The molecule has 1 saturated heterocycles. The lowest BCUT2D eigenvalue weighted by Crippen LogP contribution is -2.45. The number of likely N-dealkylation sites (tertiary alicyclic amines) is 1. The van der Waals surface area contributed by atoms with Gasteiger partial charge in [0.25, 0.3) is 6.43 Å². The smallest absolute Gasteiger partial charge is 0.266 e. The van der Waals surface area contributed by atoms with E-state index in [-0.39, 0.29) is 18.0 Å². The van der Waals surface area contributed by atoms with Crippen LogP contribution in [-0.4, -0.2) is 59.2 Å². The number of likely N-dealkylation sites (N-methyl/N-ethyl adjacent to an activating group) is 1. The Morgan fingerprint density at radius 3 is 2.66 bits per heavy atom. The summed E-state index contributed by atoms with van der Waals surface area (Å²) >= 11 is 0. The number of piperidine rings is 1. The molecule has 11 heteroatoms. The molecule has 3 heterocycles. The highest BCUT2D eigenvalue weighted by atomic mass is 19.3. The Morgan fingerprint density at radius 1 is 1.24 bits per heavy atom. The van der Waals surface area contributed by atoms with Crippen LogP contribution in [0.25, 0.3) is 10.9 Å². The predicted molar refractivity (Wildman–Crippen MR) is 137 cm³/mol. The van der Waals surface area contributed by atoms with Gasteiger partial charge in [-0.05, 0) is 25.8 Å². The van der Waals surface area contributed by atoms with Gasteiger partial charge in [0.05, 0.1) is 17.7 Å². The van der Waals surface area contributed by atoms with Gasteiger partial charge < -0.3 is 25.0 Å². The van der Waals surface area contributed by atoms with E-state index >= 15 is 0 Å². The molecule has 38 heavy (non-hydrogen) atoms. The maximum atomic E-state index is 14.7. The number of carbonyl (C=O) groups excluding carboxylic acids is 1. The summed E-state index contributed by atoms with van der Waals surface area (Å²) < 4.78 is 47.2. The summed E-state index contributed by atoms with van der Waals surface area (Å²) in [6, 6.07) is 5.71. The van der Waals surface area contributed by atoms with E-state index in [1.54, 1.807) is 17.9 Å². The number of aryl methyl sites for hydroxylation is 1. The number of carbonyl (C=O) groups is 1. The fourth-order valence-electron chi connectivity index (χ4n) is 5.27. The number of ether oxygens (including phenoxy) is 1. The summed E-state index contributed by atoms with van der Waals surface area (Å²) in [6.45, 7) is 5.03. The van der Waals surface area contributed by atoms with Crippen molar-refractivity contribution >= 4 is 28.3 Å². The van der Waals surface area contributed by atoms with E-state index in [0.29, 0.717) is 78.6 Å². The predicted octanol–water partition coefficient (Wildman–Crippen LogP) is 4.29. The molecule has 2 N–H and O–H groups in total. The molecule has 0 radical (unpaired) electrons. The van der Waals surface area contributed by atoms with Gasteiger partial charge in [0.2, 0.25) is 5.91 Å². The zero-order valence-corrected chi connectivity index (χ0v) is 21.5. The minimum absolute atomic E-state index is 0.0397. The molecule has 202 valence electrons. The van der Waals surface area contributed by atoms with E-state index < -0.39 is 23.4 Å². The standard InChI is InChI=1S/C27H30F3N5O3/c1-15-32-22-19(26(33-15)31-14-17-5-4-6-18(21(17)28)25(29)30)13-20(24-23(22)34(3)11-12-38-24)27(37)7-9-35(10-8-27)16(2)36/h4-6,13,25,37H,7-12,14H2,1-3H3,(H,31,32,33). The Morgan fingerprint density at radius 2 is 1.97 bits per heavy atom. The first-order chi connectivity index (χ1) is 18.1. The molecule has 8 nitrogen and oxygen atoms in total. The number of fused-ring (bicyclic) bond motifs is 3. The third-order valence-corrected chi connectivity index (χ3v) is 7.41. The van der Waals surface area contributed by atoms with Crippen LogP contribution in [0.3, 0.4) is 0 Å². The molecule has 2 aromatic carbocycles. The number of amides is 1. The molecule has 5 rings (SSSR count). The third kappa shape index (κ3) is 4.59. The number of benzene rings is 2. The number of hydrogen-bond acceptors (Lipinski definition) is 7. The first kappa shape index (κ1) is 26.0. The zero-order chi connectivity index (χ0) is 27.2. The topological polar surface area (TPSA) is 90.8 Å². The second-order valence-corrected chi connectivity index (χ2v) is 9.90. The summed E-state index contributed by atoms with van der Waals surface area (Å²) in [6.07, 6.45) is -2.26. The third-order valence-electron chi connectivity index (χ3n) is 7.41. The van der Waals surface area contributed by atoms with Crippen LogP contribution in [0.15, 0.2) is 24.3 Å². The lowest BCUT2D eigenvalue weighted by Gasteiger charge is -2.40. The summed E-state index contributed by atoms with van der Waals surface area (Å²) in [5.74, 6) is 0.404. The Hall–Kier alpha value is -3.60. The lowest BCUT2D eigenvalue weighted by atomic mass is 9.82. The first-order valence-electron chi connectivity index (χ1n) is 12.6. The van der Waals surface area contributed by atoms with Gasteiger partial charge in [-0.2, -0.15) is 0 Å². The van der Waals surface area contributed by atoms with Crippen LogP contribution >= 0.6 is 0 Å². The maximum Gasteiger partial charge on any atom is 0.266 e. The van der Waals surface area contributed by atoms with Crippen LogP contribution in [0.4, 0.5) is 24.7 Å². The number of rotatable bonds is 5. The number of hydrogen-bond donors (Lipinski definition) is 2. The molecule has 1 fully saturated rings. The van der Waals surface area contributed by atoms with Crippen molar-refractivity contribution in [1.82, 2.24) is 14.9 Å². The van der Waals surface area contributed by atoms with Gasteiger partial charge >= 0.3 is 0 Å². The van der Waals surface area contributed by atoms with E-state index in [2.05, 4.69) is 15.3 Å². The van der Waals surface area contributed by atoms with Crippen molar-refractivity contribution in [1.29, 1.82) is 0 Å². The van der Waals surface area contributed by atoms with Crippen molar-refractivity contribution in [3.63, 3.8) is 0 Å². The molecule has 0 unspecified atom stereocenters.